The third-order valence-electron chi connectivity index (χ3n) is 5.71. The molecule has 0 unspecified atom stereocenters. The average Bonchev–Trinajstić information content (AvgIpc) is 2.92. The number of nitrogens with zero attached hydrogens (tertiary/aromatic N) is 5. The van der Waals surface area contributed by atoms with E-state index in [1.807, 2.05) is 25.2 Å². The monoisotopic (exact) mass is 406 g/mol. The maximum absolute atomic E-state index is 6.14. The normalized spacial score (nSPS) is 20.3. The van der Waals surface area contributed by atoms with E-state index in [0.717, 1.165) is 50.1 Å². The van der Waals surface area contributed by atoms with Gasteiger partial charge in [0.25, 0.3) is 0 Å². The molecule has 7 heteroatoms. The maximum Gasteiger partial charge on any atom is 0.193 e. The van der Waals surface area contributed by atoms with E-state index in [1.165, 1.54) is 44.8 Å². The van der Waals surface area contributed by atoms with E-state index in [0.29, 0.717) is 0 Å². The van der Waals surface area contributed by atoms with Gasteiger partial charge in [-0.25, -0.2) is 0 Å². The Morgan fingerprint density at radius 2 is 1.89 bits per heavy atom. The Morgan fingerprint density at radius 1 is 1.07 bits per heavy atom. The van der Waals surface area contributed by atoms with Gasteiger partial charge in [0.15, 0.2) is 5.96 Å². The van der Waals surface area contributed by atoms with E-state index in [9.17, 15) is 0 Å². The number of piperazine rings is 1. The molecule has 0 bridgehead atoms. The van der Waals surface area contributed by atoms with E-state index in [-0.39, 0.29) is 0 Å². The Morgan fingerprint density at radius 3 is 2.64 bits per heavy atom. The Labute approximate surface area is 175 Å². The lowest BCUT2D eigenvalue weighted by Crippen LogP contribution is -2.52. The predicted octanol–water partition coefficient (Wildman–Crippen LogP) is 2.07. The van der Waals surface area contributed by atoms with Crippen LogP contribution < -0.4 is 10.2 Å². The first-order chi connectivity index (χ1) is 13.7. The largest absolute Gasteiger partial charge is 0.368 e. The first-order valence-corrected chi connectivity index (χ1v) is 10.9. The molecular formula is C21H35ClN6. The first-order valence-electron chi connectivity index (χ1n) is 10.5. The van der Waals surface area contributed by atoms with Crippen LogP contribution in [0.1, 0.15) is 12.8 Å². The summed E-state index contributed by atoms with van der Waals surface area (Å²) >= 11 is 6.14. The zero-order valence-corrected chi connectivity index (χ0v) is 18.2. The quantitative estimate of drug-likeness (QED) is 0.460. The molecule has 0 atom stereocenters. The highest BCUT2D eigenvalue weighted by Gasteiger charge is 2.20. The molecule has 2 fully saturated rings. The van der Waals surface area contributed by atoms with Crippen LogP contribution in [0.2, 0.25) is 5.02 Å². The summed E-state index contributed by atoms with van der Waals surface area (Å²) in [5, 5.41) is 4.37. The molecule has 0 aliphatic carbocycles. The lowest BCUT2D eigenvalue weighted by atomic mass is 10.2. The number of hydrogen-bond acceptors (Lipinski definition) is 4. The molecular weight excluding hydrogens is 372 g/mol. The van der Waals surface area contributed by atoms with Crippen molar-refractivity contribution in [3.8, 4) is 0 Å². The van der Waals surface area contributed by atoms with Crippen LogP contribution in [0.5, 0.6) is 0 Å². The van der Waals surface area contributed by atoms with Gasteiger partial charge in [-0.05, 0) is 57.7 Å². The molecule has 1 N–H and O–H groups in total. The fourth-order valence-electron chi connectivity index (χ4n) is 4.01. The molecule has 0 amide bonds. The van der Waals surface area contributed by atoms with Crippen LogP contribution in [0.15, 0.2) is 29.3 Å². The van der Waals surface area contributed by atoms with E-state index >= 15 is 0 Å². The van der Waals surface area contributed by atoms with Crippen LogP contribution in [0, 0.1) is 0 Å². The zero-order valence-electron chi connectivity index (χ0n) is 17.4. The summed E-state index contributed by atoms with van der Waals surface area (Å²) in [5.41, 5.74) is 1.21. The lowest BCUT2D eigenvalue weighted by molar-refractivity contribution is 0.273. The van der Waals surface area contributed by atoms with Crippen molar-refractivity contribution in [3.05, 3.63) is 29.3 Å². The van der Waals surface area contributed by atoms with Crippen LogP contribution in [0.25, 0.3) is 0 Å². The Kier molecular flexibility index (Phi) is 8.25. The van der Waals surface area contributed by atoms with Crippen LogP contribution in [-0.4, -0.2) is 100 Å². The van der Waals surface area contributed by atoms with Gasteiger partial charge in [-0.2, -0.15) is 0 Å². The van der Waals surface area contributed by atoms with Crippen LogP contribution in [0.3, 0.4) is 0 Å². The second-order valence-electron chi connectivity index (χ2n) is 7.78. The molecule has 1 aromatic carbocycles. The number of hydrogen-bond donors (Lipinski definition) is 1. The average molecular weight is 407 g/mol. The molecule has 0 aromatic heterocycles. The molecule has 156 valence electrons. The first kappa shape index (κ1) is 21.2. The number of rotatable bonds is 5. The predicted molar refractivity (Wildman–Crippen MR) is 120 cm³/mol. The Balaban J connectivity index is 1.37. The molecule has 0 radical (unpaired) electrons. The van der Waals surface area contributed by atoms with Crippen molar-refractivity contribution in [3.63, 3.8) is 0 Å². The summed E-state index contributed by atoms with van der Waals surface area (Å²) in [4.78, 5) is 14.3. The van der Waals surface area contributed by atoms with Crippen molar-refractivity contribution in [2.45, 2.75) is 12.8 Å². The van der Waals surface area contributed by atoms with Crippen molar-refractivity contribution >= 4 is 23.2 Å². The molecule has 0 spiro atoms. The highest BCUT2D eigenvalue weighted by atomic mass is 35.5. The van der Waals surface area contributed by atoms with E-state index in [1.54, 1.807) is 0 Å². The highest BCUT2D eigenvalue weighted by Crippen LogP contribution is 2.20. The van der Waals surface area contributed by atoms with E-state index in [4.69, 9.17) is 11.6 Å². The molecule has 28 heavy (non-hydrogen) atoms. The fourth-order valence-corrected chi connectivity index (χ4v) is 4.19. The standard InChI is InChI=1S/C21H35ClN6/c1-23-21(24-8-4-10-26-11-5-9-25(2)12-13-26)28-16-14-27(15-17-28)20-7-3-6-19(22)18-20/h3,6-7,18H,4-5,8-17H2,1-2H3,(H,23,24). The Hall–Kier alpha value is -1.50. The van der Waals surface area contributed by atoms with Crippen LogP contribution in [0.4, 0.5) is 5.69 Å². The minimum absolute atomic E-state index is 0.799. The number of likely N-dealkylation sites (N-methyl/N-ethyl adjacent to an activating group) is 1. The lowest BCUT2D eigenvalue weighted by Gasteiger charge is -2.37. The molecule has 2 heterocycles. The SMILES string of the molecule is CN=C(NCCCN1CCCN(C)CC1)N1CCN(c2cccc(Cl)c2)CC1. The third kappa shape index (κ3) is 6.26. The van der Waals surface area contributed by atoms with Crippen molar-refractivity contribution < 1.29 is 0 Å². The number of nitrogens with one attached hydrogen (secondary N) is 1. The third-order valence-corrected chi connectivity index (χ3v) is 5.95. The molecule has 2 saturated heterocycles. The number of anilines is 1. The molecule has 2 aliphatic heterocycles. The molecule has 3 rings (SSSR count). The minimum atomic E-state index is 0.799. The maximum atomic E-state index is 6.14. The molecule has 6 nitrogen and oxygen atoms in total. The van der Waals surface area contributed by atoms with E-state index < -0.39 is 0 Å². The summed E-state index contributed by atoms with van der Waals surface area (Å²) < 4.78 is 0. The summed E-state index contributed by atoms with van der Waals surface area (Å²) in [6.07, 6.45) is 2.44. The van der Waals surface area contributed by atoms with Gasteiger partial charge in [-0.1, -0.05) is 17.7 Å². The van der Waals surface area contributed by atoms with Gasteiger partial charge in [0.1, 0.15) is 0 Å². The van der Waals surface area contributed by atoms with Crippen LogP contribution in [-0.2, 0) is 0 Å². The van der Waals surface area contributed by atoms with Crippen molar-refractivity contribution in [2.24, 2.45) is 4.99 Å². The highest BCUT2D eigenvalue weighted by molar-refractivity contribution is 6.30. The number of aliphatic imine (C=N–C) groups is 1. The molecule has 1 aromatic rings. The number of halogens is 1. The number of guanidine groups is 1. The van der Waals surface area contributed by atoms with Gasteiger partial charge in [0, 0.05) is 63.6 Å². The Bertz CT molecular complexity index is 629. The van der Waals surface area contributed by atoms with Crippen molar-refractivity contribution in [1.82, 2.24) is 20.0 Å². The summed E-state index contributed by atoms with van der Waals surface area (Å²) in [6.45, 7) is 10.9. The van der Waals surface area contributed by atoms with Crippen LogP contribution >= 0.6 is 11.6 Å². The second kappa shape index (κ2) is 10.9. The summed E-state index contributed by atoms with van der Waals surface area (Å²) in [6, 6.07) is 8.13. The zero-order chi connectivity index (χ0) is 19.8. The van der Waals surface area contributed by atoms with Gasteiger partial charge < -0.3 is 24.9 Å². The van der Waals surface area contributed by atoms with Gasteiger partial charge in [-0.3, -0.25) is 4.99 Å². The summed E-state index contributed by atoms with van der Waals surface area (Å²) in [5.74, 6) is 1.03. The fraction of sp³-hybridized carbons (Fsp3) is 0.667. The van der Waals surface area contributed by atoms with Gasteiger partial charge in [0.2, 0.25) is 0 Å². The van der Waals surface area contributed by atoms with Gasteiger partial charge >= 0.3 is 0 Å². The smallest absolute Gasteiger partial charge is 0.193 e. The van der Waals surface area contributed by atoms with E-state index in [2.05, 4.69) is 43.0 Å². The summed E-state index contributed by atoms with van der Waals surface area (Å²) in [7, 11) is 4.11. The van der Waals surface area contributed by atoms with Gasteiger partial charge in [-0.15, -0.1) is 0 Å². The topological polar surface area (TPSA) is 37.4 Å². The van der Waals surface area contributed by atoms with Gasteiger partial charge in [0.05, 0.1) is 0 Å². The molecule has 2 aliphatic rings. The molecule has 0 saturated carbocycles. The number of benzene rings is 1. The minimum Gasteiger partial charge on any atom is -0.368 e. The van der Waals surface area contributed by atoms with Crippen molar-refractivity contribution in [1.29, 1.82) is 0 Å². The van der Waals surface area contributed by atoms with Crippen molar-refractivity contribution in [2.75, 3.05) is 84.4 Å². The second-order valence-corrected chi connectivity index (χ2v) is 8.22.